The number of carbonyl (C=O) groups is 1. The van der Waals surface area contributed by atoms with Crippen molar-refractivity contribution in [2.24, 2.45) is 0 Å². The van der Waals surface area contributed by atoms with E-state index in [1.54, 1.807) is 6.08 Å². The molecule has 1 aliphatic carbocycles. The lowest BCUT2D eigenvalue weighted by molar-refractivity contribution is 0.127. The number of carbonyl (C=O) groups excluding carboxylic acids is 1. The highest BCUT2D eigenvalue weighted by atomic mass is 32.2. The van der Waals surface area contributed by atoms with E-state index in [0.717, 1.165) is 11.1 Å². The zero-order valence-corrected chi connectivity index (χ0v) is 17.1. The third-order valence-corrected chi connectivity index (χ3v) is 7.68. The third kappa shape index (κ3) is 3.94. The smallest absolute Gasteiger partial charge is 0.407 e. The molecular weight excluding hydrogens is 386 g/mol. The van der Waals surface area contributed by atoms with Gasteiger partial charge in [0.2, 0.25) is 0 Å². The summed E-state index contributed by atoms with van der Waals surface area (Å²) < 4.78 is 29.2. The molecule has 1 amide bonds. The van der Waals surface area contributed by atoms with Gasteiger partial charge in [0.25, 0.3) is 0 Å². The molecule has 0 radical (unpaired) electrons. The minimum Gasteiger partial charge on any atom is -0.449 e. The molecule has 1 saturated heterocycles. The minimum absolute atomic E-state index is 0.00441. The summed E-state index contributed by atoms with van der Waals surface area (Å²) in [4.78, 5) is 12.6. The van der Waals surface area contributed by atoms with Crippen molar-refractivity contribution in [1.29, 1.82) is 0 Å². The normalized spacial score (nSPS) is 19.0. The van der Waals surface area contributed by atoms with Crippen LogP contribution in [0, 0.1) is 0 Å². The van der Waals surface area contributed by atoms with E-state index in [1.165, 1.54) is 11.1 Å². The number of hydrogen-bond acceptors (Lipinski definition) is 4. The van der Waals surface area contributed by atoms with Crippen LogP contribution >= 0.6 is 0 Å². The Bertz CT molecular complexity index is 985. The molecule has 0 atom stereocenters. The zero-order chi connectivity index (χ0) is 20.5. The van der Waals surface area contributed by atoms with Crippen LogP contribution in [0.2, 0.25) is 0 Å². The van der Waals surface area contributed by atoms with Crippen molar-refractivity contribution >= 4 is 15.9 Å². The molecule has 1 N–H and O–H groups in total. The van der Waals surface area contributed by atoms with E-state index in [1.807, 2.05) is 24.3 Å². The fourth-order valence-corrected chi connectivity index (χ4v) is 6.04. The van der Waals surface area contributed by atoms with Crippen LogP contribution in [0.15, 0.2) is 61.2 Å². The van der Waals surface area contributed by atoms with Gasteiger partial charge in [-0.3, -0.25) is 0 Å². The third-order valence-electron chi connectivity index (χ3n) is 6.03. The SMILES string of the molecule is C=CCC1(NC(=O)OCC2c3ccccc3-c3ccccc32)CCS(=O)(=O)CC1. The van der Waals surface area contributed by atoms with Crippen molar-refractivity contribution in [1.82, 2.24) is 5.32 Å². The van der Waals surface area contributed by atoms with Gasteiger partial charge in [0.05, 0.1) is 11.5 Å². The molecule has 5 nitrogen and oxygen atoms in total. The highest BCUT2D eigenvalue weighted by Gasteiger charge is 2.38. The van der Waals surface area contributed by atoms with Gasteiger partial charge in [-0.1, -0.05) is 54.6 Å². The lowest BCUT2D eigenvalue weighted by atomic mass is 9.89. The van der Waals surface area contributed by atoms with E-state index in [-0.39, 0.29) is 24.0 Å². The molecule has 6 heteroatoms. The maximum absolute atomic E-state index is 12.6. The quantitative estimate of drug-likeness (QED) is 0.754. The summed E-state index contributed by atoms with van der Waals surface area (Å²) in [5, 5.41) is 2.95. The number of alkyl carbamates (subject to hydrolysis) is 1. The largest absolute Gasteiger partial charge is 0.449 e. The van der Waals surface area contributed by atoms with Crippen LogP contribution in [0.4, 0.5) is 4.79 Å². The van der Waals surface area contributed by atoms with Crippen LogP contribution in [-0.4, -0.2) is 38.2 Å². The molecule has 2 aliphatic rings. The van der Waals surface area contributed by atoms with E-state index in [4.69, 9.17) is 4.74 Å². The van der Waals surface area contributed by atoms with Crippen LogP contribution in [-0.2, 0) is 14.6 Å². The van der Waals surface area contributed by atoms with Gasteiger partial charge in [-0.25, -0.2) is 13.2 Å². The van der Waals surface area contributed by atoms with Gasteiger partial charge in [-0.05, 0) is 41.5 Å². The van der Waals surface area contributed by atoms with Crippen LogP contribution in [0.1, 0.15) is 36.3 Å². The zero-order valence-electron chi connectivity index (χ0n) is 16.3. The van der Waals surface area contributed by atoms with Crippen molar-refractivity contribution in [3.63, 3.8) is 0 Å². The van der Waals surface area contributed by atoms with E-state index >= 15 is 0 Å². The second kappa shape index (κ2) is 7.67. The molecule has 4 rings (SSSR count). The molecule has 0 unspecified atom stereocenters. The first-order valence-electron chi connectivity index (χ1n) is 9.88. The van der Waals surface area contributed by atoms with E-state index in [9.17, 15) is 13.2 Å². The summed E-state index contributed by atoms with van der Waals surface area (Å²) >= 11 is 0. The van der Waals surface area contributed by atoms with Crippen molar-refractivity contribution in [3.8, 4) is 11.1 Å². The maximum Gasteiger partial charge on any atom is 0.407 e. The second-order valence-corrected chi connectivity index (χ2v) is 10.2. The van der Waals surface area contributed by atoms with Crippen LogP contribution < -0.4 is 5.32 Å². The van der Waals surface area contributed by atoms with Crippen LogP contribution in [0.5, 0.6) is 0 Å². The predicted octanol–water partition coefficient (Wildman–Crippen LogP) is 4.05. The molecule has 1 heterocycles. The van der Waals surface area contributed by atoms with E-state index in [0.29, 0.717) is 19.3 Å². The Balaban J connectivity index is 1.46. The summed E-state index contributed by atoms with van der Waals surface area (Å²) in [6.45, 7) is 4.00. The molecule has 29 heavy (non-hydrogen) atoms. The number of benzene rings is 2. The highest BCUT2D eigenvalue weighted by Crippen LogP contribution is 2.44. The number of amides is 1. The van der Waals surface area contributed by atoms with Crippen molar-refractivity contribution in [3.05, 3.63) is 72.3 Å². The second-order valence-electron chi connectivity index (χ2n) is 7.88. The minimum atomic E-state index is -3.03. The molecule has 0 saturated carbocycles. The van der Waals surface area contributed by atoms with Gasteiger partial charge in [0, 0.05) is 11.5 Å². The number of ether oxygens (including phenoxy) is 1. The summed E-state index contributed by atoms with van der Waals surface area (Å²) in [5.41, 5.74) is 4.07. The topological polar surface area (TPSA) is 72.5 Å². The fraction of sp³-hybridized carbons (Fsp3) is 0.348. The molecule has 152 valence electrons. The Morgan fingerprint density at radius 2 is 1.62 bits per heavy atom. The van der Waals surface area contributed by atoms with Gasteiger partial charge in [-0.2, -0.15) is 0 Å². The van der Waals surface area contributed by atoms with Gasteiger partial charge in [0.15, 0.2) is 0 Å². The van der Waals surface area contributed by atoms with Gasteiger partial charge in [0.1, 0.15) is 16.4 Å². The Morgan fingerprint density at radius 3 is 2.17 bits per heavy atom. The Kier molecular flexibility index (Phi) is 5.21. The standard InChI is InChI=1S/C23H25NO4S/c1-2-11-23(12-14-29(26,27)15-13-23)24-22(25)28-16-21-19-9-5-3-7-17(19)18-8-4-6-10-20(18)21/h2-10,21H,1,11-16H2,(H,24,25). The number of nitrogens with one attached hydrogen (secondary N) is 1. The summed E-state index contributed by atoms with van der Waals surface area (Å²) in [6.07, 6.45) is 2.50. The number of rotatable bonds is 5. The molecule has 0 aromatic heterocycles. The number of hydrogen-bond donors (Lipinski definition) is 1. The highest BCUT2D eigenvalue weighted by molar-refractivity contribution is 7.91. The first kappa shape index (κ1) is 19.7. The molecule has 1 aliphatic heterocycles. The molecule has 2 aromatic carbocycles. The molecule has 1 fully saturated rings. The van der Waals surface area contributed by atoms with E-state index < -0.39 is 21.5 Å². The average Bonchev–Trinajstić information content (AvgIpc) is 3.03. The van der Waals surface area contributed by atoms with Crippen LogP contribution in [0.25, 0.3) is 11.1 Å². The first-order chi connectivity index (χ1) is 13.9. The van der Waals surface area contributed by atoms with Crippen molar-refractivity contribution < 1.29 is 17.9 Å². The van der Waals surface area contributed by atoms with Gasteiger partial charge < -0.3 is 10.1 Å². The Morgan fingerprint density at radius 1 is 1.07 bits per heavy atom. The monoisotopic (exact) mass is 411 g/mol. The number of sulfone groups is 1. The van der Waals surface area contributed by atoms with E-state index in [2.05, 4.69) is 36.2 Å². The molecule has 0 spiro atoms. The van der Waals surface area contributed by atoms with Gasteiger partial charge in [-0.15, -0.1) is 6.58 Å². The lowest BCUT2D eigenvalue weighted by Crippen LogP contribution is -2.53. The lowest BCUT2D eigenvalue weighted by Gasteiger charge is -2.36. The fourth-order valence-electron chi connectivity index (χ4n) is 4.44. The summed E-state index contributed by atoms with van der Waals surface area (Å²) in [6, 6.07) is 16.4. The average molecular weight is 412 g/mol. The van der Waals surface area contributed by atoms with Crippen molar-refractivity contribution in [2.75, 3.05) is 18.1 Å². The summed E-state index contributed by atoms with van der Waals surface area (Å²) in [7, 11) is -3.03. The number of fused-ring (bicyclic) bond motifs is 3. The Labute approximate surface area is 171 Å². The van der Waals surface area contributed by atoms with Crippen molar-refractivity contribution in [2.45, 2.75) is 30.7 Å². The Hall–Kier alpha value is -2.60. The summed E-state index contributed by atoms with van der Waals surface area (Å²) in [5.74, 6) is 0.143. The predicted molar refractivity (Wildman–Crippen MR) is 114 cm³/mol. The van der Waals surface area contributed by atoms with Gasteiger partial charge >= 0.3 is 6.09 Å². The maximum atomic E-state index is 12.6. The molecule has 0 bridgehead atoms. The molecule has 2 aromatic rings. The molecular formula is C23H25NO4S. The van der Waals surface area contributed by atoms with Crippen LogP contribution in [0.3, 0.4) is 0 Å². The first-order valence-corrected chi connectivity index (χ1v) is 11.7.